The molecule has 0 fully saturated rings. The average molecular weight is 280 g/mol. The first-order chi connectivity index (χ1) is 9.08. The Kier molecular flexibility index (Phi) is 4.00. The number of carbonyl (C=O) groups is 1. The van der Waals surface area contributed by atoms with Gasteiger partial charge in [-0.25, -0.2) is 4.98 Å². The molecule has 0 spiro atoms. The predicted octanol–water partition coefficient (Wildman–Crippen LogP) is 1.20. The van der Waals surface area contributed by atoms with Gasteiger partial charge in [0.15, 0.2) is 5.82 Å². The van der Waals surface area contributed by atoms with Crippen molar-refractivity contribution in [2.24, 2.45) is 0 Å². The standard InChI is InChI=1S/C11H16N6OS/c1-6(2)16-10(18)8-9(12)17-19-11(8)14-4-7-3-13-5-15-7/h3,5-6,14H,4H2,1-2H3,(H2,12,17)(H,13,15)(H,16,18). The Balaban J connectivity index is 2.10. The number of aromatic nitrogens is 3. The Morgan fingerprint density at radius 2 is 2.37 bits per heavy atom. The molecule has 102 valence electrons. The molecule has 2 aromatic heterocycles. The largest absolute Gasteiger partial charge is 0.382 e. The fourth-order valence-corrected chi connectivity index (χ4v) is 2.24. The van der Waals surface area contributed by atoms with Gasteiger partial charge in [-0.2, -0.15) is 4.37 Å². The van der Waals surface area contributed by atoms with Gasteiger partial charge < -0.3 is 21.4 Å². The first-order valence-corrected chi connectivity index (χ1v) is 6.62. The lowest BCUT2D eigenvalue weighted by atomic mass is 10.2. The maximum atomic E-state index is 12.0. The van der Waals surface area contributed by atoms with Crippen LogP contribution in [0.3, 0.4) is 0 Å². The molecule has 2 heterocycles. The van der Waals surface area contributed by atoms with Gasteiger partial charge in [0.25, 0.3) is 5.91 Å². The molecule has 0 aromatic carbocycles. The minimum atomic E-state index is -0.214. The number of imidazole rings is 1. The molecule has 0 saturated carbocycles. The van der Waals surface area contributed by atoms with E-state index in [9.17, 15) is 4.79 Å². The molecule has 0 unspecified atom stereocenters. The summed E-state index contributed by atoms with van der Waals surface area (Å²) in [6.45, 7) is 4.32. The Bertz CT molecular complexity index is 548. The Hall–Kier alpha value is -2.09. The van der Waals surface area contributed by atoms with Gasteiger partial charge in [-0.05, 0) is 25.4 Å². The van der Waals surface area contributed by atoms with E-state index < -0.39 is 0 Å². The molecule has 2 rings (SSSR count). The topological polar surface area (TPSA) is 109 Å². The van der Waals surface area contributed by atoms with E-state index in [1.165, 1.54) is 11.5 Å². The molecule has 0 aliphatic carbocycles. The SMILES string of the molecule is CC(C)NC(=O)c1c(N)nsc1NCc1cnc[nH]1. The van der Waals surface area contributed by atoms with Crippen LogP contribution in [0.4, 0.5) is 10.8 Å². The summed E-state index contributed by atoms with van der Waals surface area (Å²) in [6, 6.07) is 0.0484. The smallest absolute Gasteiger partial charge is 0.258 e. The summed E-state index contributed by atoms with van der Waals surface area (Å²) >= 11 is 1.17. The van der Waals surface area contributed by atoms with Crippen LogP contribution in [0.1, 0.15) is 29.9 Å². The van der Waals surface area contributed by atoms with Gasteiger partial charge in [-0.15, -0.1) is 0 Å². The second-order valence-electron chi connectivity index (χ2n) is 4.33. The number of anilines is 2. The molecule has 0 bridgehead atoms. The highest BCUT2D eigenvalue weighted by atomic mass is 32.1. The molecule has 7 nitrogen and oxygen atoms in total. The number of nitrogen functional groups attached to an aromatic ring is 1. The summed E-state index contributed by atoms with van der Waals surface area (Å²) in [5, 5.41) is 6.60. The van der Waals surface area contributed by atoms with E-state index in [0.717, 1.165) is 5.69 Å². The highest BCUT2D eigenvalue weighted by Gasteiger charge is 2.19. The second-order valence-corrected chi connectivity index (χ2v) is 5.10. The second kappa shape index (κ2) is 5.70. The highest BCUT2D eigenvalue weighted by Crippen LogP contribution is 2.27. The molecule has 0 radical (unpaired) electrons. The van der Waals surface area contributed by atoms with Gasteiger partial charge >= 0.3 is 0 Å². The molecule has 1 amide bonds. The van der Waals surface area contributed by atoms with Crippen molar-refractivity contribution in [2.45, 2.75) is 26.4 Å². The van der Waals surface area contributed by atoms with Crippen molar-refractivity contribution in [2.75, 3.05) is 11.1 Å². The van der Waals surface area contributed by atoms with E-state index in [1.807, 2.05) is 13.8 Å². The van der Waals surface area contributed by atoms with Gasteiger partial charge in [-0.3, -0.25) is 4.79 Å². The van der Waals surface area contributed by atoms with Crippen molar-refractivity contribution >= 4 is 28.3 Å². The molecule has 8 heteroatoms. The zero-order valence-electron chi connectivity index (χ0n) is 10.7. The van der Waals surface area contributed by atoms with E-state index >= 15 is 0 Å². The zero-order valence-corrected chi connectivity index (χ0v) is 11.5. The van der Waals surface area contributed by atoms with Crippen molar-refractivity contribution in [1.82, 2.24) is 19.7 Å². The summed E-state index contributed by atoms with van der Waals surface area (Å²) < 4.78 is 4.02. The average Bonchev–Trinajstić information content (AvgIpc) is 2.94. The Morgan fingerprint density at radius 3 is 3.00 bits per heavy atom. The number of nitrogens with two attached hydrogens (primary N) is 1. The van der Waals surface area contributed by atoms with Gasteiger partial charge in [0.1, 0.15) is 10.6 Å². The van der Waals surface area contributed by atoms with Crippen LogP contribution in [0.25, 0.3) is 0 Å². The summed E-state index contributed by atoms with van der Waals surface area (Å²) in [5.74, 6) is 0.0311. The molecule has 5 N–H and O–H groups in total. The molecule has 2 aromatic rings. The Labute approximate surface area is 114 Å². The van der Waals surface area contributed by atoms with Crippen LogP contribution in [-0.4, -0.2) is 26.3 Å². The van der Waals surface area contributed by atoms with E-state index in [0.29, 0.717) is 17.1 Å². The molecule has 19 heavy (non-hydrogen) atoms. The number of nitrogens with one attached hydrogen (secondary N) is 3. The predicted molar refractivity (Wildman–Crippen MR) is 75.0 cm³/mol. The number of aromatic amines is 1. The van der Waals surface area contributed by atoms with Crippen LogP contribution in [-0.2, 0) is 6.54 Å². The van der Waals surface area contributed by atoms with Crippen LogP contribution in [0.5, 0.6) is 0 Å². The van der Waals surface area contributed by atoms with Gasteiger partial charge in [0, 0.05) is 12.2 Å². The van der Waals surface area contributed by atoms with Crippen LogP contribution >= 0.6 is 11.5 Å². The molecular formula is C11H16N6OS. The first kappa shape index (κ1) is 13.3. The van der Waals surface area contributed by atoms with Crippen molar-refractivity contribution in [3.63, 3.8) is 0 Å². The monoisotopic (exact) mass is 280 g/mol. The molecular weight excluding hydrogens is 264 g/mol. The molecule has 0 aliphatic heterocycles. The minimum Gasteiger partial charge on any atom is -0.382 e. The van der Waals surface area contributed by atoms with Gasteiger partial charge in [0.05, 0.1) is 18.6 Å². The van der Waals surface area contributed by atoms with Crippen LogP contribution < -0.4 is 16.4 Å². The zero-order chi connectivity index (χ0) is 13.8. The number of amides is 1. The van der Waals surface area contributed by atoms with E-state index in [1.54, 1.807) is 12.5 Å². The quantitative estimate of drug-likeness (QED) is 0.658. The molecule has 0 aliphatic rings. The van der Waals surface area contributed by atoms with Gasteiger partial charge in [-0.1, -0.05) is 0 Å². The van der Waals surface area contributed by atoms with Crippen LogP contribution in [0.15, 0.2) is 12.5 Å². The lowest BCUT2D eigenvalue weighted by Gasteiger charge is -2.09. The van der Waals surface area contributed by atoms with Crippen molar-refractivity contribution < 1.29 is 4.79 Å². The number of carbonyl (C=O) groups excluding carboxylic acids is 1. The maximum absolute atomic E-state index is 12.0. The van der Waals surface area contributed by atoms with Crippen LogP contribution in [0, 0.1) is 0 Å². The number of hydrogen-bond acceptors (Lipinski definition) is 6. The fourth-order valence-electron chi connectivity index (χ4n) is 1.53. The van der Waals surface area contributed by atoms with Crippen LogP contribution in [0.2, 0.25) is 0 Å². The summed E-state index contributed by atoms with van der Waals surface area (Å²) in [4.78, 5) is 18.9. The highest BCUT2D eigenvalue weighted by molar-refractivity contribution is 7.11. The van der Waals surface area contributed by atoms with Crippen molar-refractivity contribution in [1.29, 1.82) is 0 Å². The number of nitrogens with zero attached hydrogens (tertiary/aromatic N) is 2. The lowest BCUT2D eigenvalue weighted by molar-refractivity contribution is 0.0945. The van der Waals surface area contributed by atoms with Crippen molar-refractivity contribution in [3.8, 4) is 0 Å². The third kappa shape index (κ3) is 3.22. The summed E-state index contributed by atoms with van der Waals surface area (Å²) in [7, 11) is 0. The summed E-state index contributed by atoms with van der Waals surface area (Å²) in [6.07, 6.45) is 3.32. The summed E-state index contributed by atoms with van der Waals surface area (Å²) in [5.41, 5.74) is 7.07. The molecule has 0 atom stereocenters. The van der Waals surface area contributed by atoms with E-state index in [2.05, 4.69) is 25.0 Å². The van der Waals surface area contributed by atoms with E-state index in [4.69, 9.17) is 5.73 Å². The van der Waals surface area contributed by atoms with E-state index in [-0.39, 0.29) is 17.8 Å². The minimum absolute atomic E-state index is 0.0484. The lowest BCUT2D eigenvalue weighted by Crippen LogP contribution is -2.30. The van der Waals surface area contributed by atoms with Crippen molar-refractivity contribution in [3.05, 3.63) is 23.8 Å². The maximum Gasteiger partial charge on any atom is 0.258 e. The number of rotatable bonds is 5. The van der Waals surface area contributed by atoms with Gasteiger partial charge in [0.2, 0.25) is 0 Å². The third-order valence-electron chi connectivity index (χ3n) is 2.36. The fraction of sp³-hybridized carbons (Fsp3) is 0.364. The third-order valence-corrected chi connectivity index (χ3v) is 3.18. The number of hydrogen-bond donors (Lipinski definition) is 4. The Morgan fingerprint density at radius 1 is 1.58 bits per heavy atom. The normalized spacial score (nSPS) is 10.7. The number of H-pyrrole nitrogens is 1. The first-order valence-electron chi connectivity index (χ1n) is 5.85. The molecule has 0 saturated heterocycles.